The highest BCUT2D eigenvalue weighted by Crippen LogP contribution is 1.81. The van der Waals surface area contributed by atoms with Crippen LogP contribution in [-0.4, -0.2) is 33.0 Å². The van der Waals surface area contributed by atoms with Gasteiger partial charge in [-0.15, -0.1) is 0 Å². The molecule has 0 heterocycles. The Morgan fingerprint density at radius 3 is 2.50 bits per heavy atom. The summed E-state index contributed by atoms with van der Waals surface area (Å²) in [6.07, 6.45) is 4.12. The summed E-state index contributed by atoms with van der Waals surface area (Å²) < 4.78 is 10.3. The van der Waals surface area contributed by atoms with Gasteiger partial charge in [-0.05, 0) is 25.2 Å². The fourth-order valence-corrected chi connectivity index (χ4v) is 0.612. The SMILES string of the molecule is N/C=C/COCCOCCCN. The first-order chi connectivity index (χ1) is 5.91. The summed E-state index contributed by atoms with van der Waals surface area (Å²) >= 11 is 0. The van der Waals surface area contributed by atoms with Gasteiger partial charge in [0.15, 0.2) is 0 Å². The fraction of sp³-hybridized carbons (Fsp3) is 0.750. The Balaban J connectivity index is 2.81. The molecule has 4 N–H and O–H groups in total. The Labute approximate surface area is 73.5 Å². The Morgan fingerprint density at radius 2 is 1.83 bits per heavy atom. The maximum Gasteiger partial charge on any atom is 0.0704 e. The molecule has 0 amide bonds. The number of nitrogens with two attached hydrogens (primary N) is 2. The summed E-state index contributed by atoms with van der Waals surface area (Å²) in [5, 5.41) is 0. The number of rotatable bonds is 8. The van der Waals surface area contributed by atoms with Crippen molar-refractivity contribution in [2.45, 2.75) is 6.42 Å². The van der Waals surface area contributed by atoms with Gasteiger partial charge in [-0.2, -0.15) is 0 Å². The molecule has 0 rings (SSSR count). The van der Waals surface area contributed by atoms with Crippen LogP contribution in [0.15, 0.2) is 12.3 Å². The topological polar surface area (TPSA) is 70.5 Å². The molecule has 0 bridgehead atoms. The molecule has 0 aromatic heterocycles. The third-order valence-electron chi connectivity index (χ3n) is 1.21. The number of hydrogen-bond donors (Lipinski definition) is 2. The quantitative estimate of drug-likeness (QED) is 0.502. The lowest BCUT2D eigenvalue weighted by Crippen LogP contribution is -2.08. The first-order valence-electron chi connectivity index (χ1n) is 4.14. The van der Waals surface area contributed by atoms with E-state index >= 15 is 0 Å². The summed E-state index contributed by atoms with van der Waals surface area (Å²) in [6, 6.07) is 0. The first-order valence-corrected chi connectivity index (χ1v) is 4.14. The van der Waals surface area contributed by atoms with Gasteiger partial charge in [-0.25, -0.2) is 0 Å². The zero-order valence-electron chi connectivity index (χ0n) is 7.37. The van der Waals surface area contributed by atoms with E-state index < -0.39 is 0 Å². The van der Waals surface area contributed by atoms with E-state index in [1.807, 2.05) is 0 Å². The number of ether oxygens (including phenoxy) is 2. The van der Waals surface area contributed by atoms with Crippen LogP contribution < -0.4 is 11.5 Å². The average molecular weight is 174 g/mol. The van der Waals surface area contributed by atoms with Crippen molar-refractivity contribution in [3.8, 4) is 0 Å². The molecule has 0 aliphatic carbocycles. The summed E-state index contributed by atoms with van der Waals surface area (Å²) in [6.45, 7) is 3.17. The summed E-state index contributed by atoms with van der Waals surface area (Å²) in [5.41, 5.74) is 10.4. The van der Waals surface area contributed by atoms with E-state index in [2.05, 4.69) is 0 Å². The van der Waals surface area contributed by atoms with E-state index in [4.69, 9.17) is 20.9 Å². The van der Waals surface area contributed by atoms with Crippen molar-refractivity contribution < 1.29 is 9.47 Å². The van der Waals surface area contributed by atoms with Crippen molar-refractivity contribution in [1.29, 1.82) is 0 Å². The molecular weight excluding hydrogens is 156 g/mol. The van der Waals surface area contributed by atoms with Crippen LogP contribution in [0.3, 0.4) is 0 Å². The minimum atomic E-state index is 0.552. The predicted molar refractivity (Wildman–Crippen MR) is 48.6 cm³/mol. The van der Waals surface area contributed by atoms with Gasteiger partial charge < -0.3 is 20.9 Å². The fourth-order valence-electron chi connectivity index (χ4n) is 0.612. The largest absolute Gasteiger partial charge is 0.405 e. The summed E-state index contributed by atoms with van der Waals surface area (Å²) in [7, 11) is 0. The second-order valence-electron chi connectivity index (χ2n) is 2.26. The lowest BCUT2D eigenvalue weighted by molar-refractivity contribution is 0.0580. The van der Waals surface area contributed by atoms with Crippen LogP contribution in [0.4, 0.5) is 0 Å². The van der Waals surface area contributed by atoms with Gasteiger partial charge in [0.2, 0.25) is 0 Å². The number of hydrogen-bond acceptors (Lipinski definition) is 4. The van der Waals surface area contributed by atoms with E-state index in [0.29, 0.717) is 33.0 Å². The predicted octanol–water partition coefficient (Wildman–Crippen LogP) is -0.159. The Bertz CT molecular complexity index is 107. The van der Waals surface area contributed by atoms with Crippen molar-refractivity contribution in [1.82, 2.24) is 0 Å². The smallest absolute Gasteiger partial charge is 0.0704 e. The van der Waals surface area contributed by atoms with Gasteiger partial charge in [-0.1, -0.05) is 0 Å². The van der Waals surface area contributed by atoms with Gasteiger partial charge >= 0.3 is 0 Å². The maximum atomic E-state index is 5.27. The Hall–Kier alpha value is -0.580. The van der Waals surface area contributed by atoms with Crippen LogP contribution in [0.2, 0.25) is 0 Å². The van der Waals surface area contributed by atoms with E-state index in [1.165, 1.54) is 6.20 Å². The summed E-state index contributed by atoms with van der Waals surface area (Å²) in [5.74, 6) is 0. The summed E-state index contributed by atoms with van der Waals surface area (Å²) in [4.78, 5) is 0. The third-order valence-corrected chi connectivity index (χ3v) is 1.21. The van der Waals surface area contributed by atoms with Crippen molar-refractivity contribution in [3.63, 3.8) is 0 Å². The minimum Gasteiger partial charge on any atom is -0.405 e. The molecule has 0 spiro atoms. The van der Waals surface area contributed by atoms with E-state index in [0.717, 1.165) is 6.42 Å². The molecule has 0 aliphatic rings. The second kappa shape index (κ2) is 10.4. The molecule has 4 heteroatoms. The average Bonchev–Trinajstić information content (AvgIpc) is 2.10. The zero-order chi connectivity index (χ0) is 9.07. The van der Waals surface area contributed by atoms with E-state index in [9.17, 15) is 0 Å². The van der Waals surface area contributed by atoms with Crippen LogP contribution in [0.25, 0.3) is 0 Å². The van der Waals surface area contributed by atoms with Crippen LogP contribution in [0.5, 0.6) is 0 Å². The molecule has 0 saturated heterocycles. The molecule has 72 valence electrons. The monoisotopic (exact) mass is 174 g/mol. The van der Waals surface area contributed by atoms with Crippen LogP contribution in [0, 0.1) is 0 Å². The molecule has 0 unspecified atom stereocenters. The molecule has 4 nitrogen and oxygen atoms in total. The van der Waals surface area contributed by atoms with Crippen molar-refractivity contribution in [3.05, 3.63) is 12.3 Å². The standard InChI is InChI=1S/C8H18N2O2/c9-3-1-5-11-7-8-12-6-2-4-10/h1,3H,2,4-10H2/b3-1+. The molecular formula is C8H18N2O2. The highest BCUT2D eigenvalue weighted by Gasteiger charge is 1.87. The third kappa shape index (κ3) is 9.42. The minimum absolute atomic E-state index is 0.552. The van der Waals surface area contributed by atoms with Crippen molar-refractivity contribution in [2.24, 2.45) is 11.5 Å². The van der Waals surface area contributed by atoms with E-state index in [1.54, 1.807) is 6.08 Å². The van der Waals surface area contributed by atoms with Gasteiger partial charge in [0.05, 0.1) is 19.8 Å². The lowest BCUT2D eigenvalue weighted by atomic mass is 10.5. The Kier molecular flexibility index (Phi) is 9.92. The first kappa shape index (κ1) is 11.4. The molecule has 0 aliphatic heterocycles. The molecule has 0 radical (unpaired) electrons. The van der Waals surface area contributed by atoms with Crippen molar-refractivity contribution >= 4 is 0 Å². The van der Waals surface area contributed by atoms with Gasteiger partial charge in [0, 0.05) is 6.61 Å². The highest BCUT2D eigenvalue weighted by molar-refractivity contribution is 4.74. The molecule has 0 saturated carbocycles. The molecule has 12 heavy (non-hydrogen) atoms. The maximum absolute atomic E-state index is 5.27. The van der Waals surface area contributed by atoms with Crippen LogP contribution >= 0.6 is 0 Å². The lowest BCUT2D eigenvalue weighted by Gasteiger charge is -2.02. The Morgan fingerprint density at radius 1 is 1.08 bits per heavy atom. The van der Waals surface area contributed by atoms with Gasteiger partial charge in [-0.3, -0.25) is 0 Å². The van der Waals surface area contributed by atoms with Crippen molar-refractivity contribution in [2.75, 3.05) is 33.0 Å². The highest BCUT2D eigenvalue weighted by atomic mass is 16.5. The van der Waals surface area contributed by atoms with E-state index in [-0.39, 0.29) is 0 Å². The van der Waals surface area contributed by atoms with Gasteiger partial charge in [0.25, 0.3) is 0 Å². The molecule has 0 aromatic carbocycles. The molecule has 0 atom stereocenters. The molecule has 0 fully saturated rings. The molecule has 0 aromatic rings. The van der Waals surface area contributed by atoms with Gasteiger partial charge in [0.1, 0.15) is 0 Å². The second-order valence-corrected chi connectivity index (χ2v) is 2.26. The van der Waals surface area contributed by atoms with Crippen LogP contribution in [-0.2, 0) is 9.47 Å². The van der Waals surface area contributed by atoms with Crippen LogP contribution in [0.1, 0.15) is 6.42 Å². The zero-order valence-corrected chi connectivity index (χ0v) is 7.37. The normalized spacial score (nSPS) is 11.1.